The average molecular weight is 373 g/mol. The van der Waals surface area contributed by atoms with Crippen molar-refractivity contribution in [2.24, 2.45) is 40.4 Å². The summed E-state index contributed by atoms with van der Waals surface area (Å²) in [5, 5.41) is 21.3. The number of ketones is 1. The monoisotopic (exact) mass is 372 g/mol. The van der Waals surface area contributed by atoms with Gasteiger partial charge in [-0.05, 0) is 104 Å². The van der Waals surface area contributed by atoms with Crippen molar-refractivity contribution >= 4 is 5.78 Å². The van der Waals surface area contributed by atoms with Crippen molar-refractivity contribution in [2.75, 3.05) is 6.61 Å². The van der Waals surface area contributed by atoms with Gasteiger partial charge in [0.1, 0.15) is 0 Å². The molecule has 5 aliphatic rings. The van der Waals surface area contributed by atoms with Gasteiger partial charge < -0.3 is 10.2 Å². The number of rotatable bonds is 3. The molecule has 5 rings (SSSR count). The second-order valence-electron chi connectivity index (χ2n) is 10.9. The molecule has 0 radical (unpaired) electrons. The van der Waals surface area contributed by atoms with E-state index >= 15 is 0 Å². The standard InChI is InChI=1S/C24H36O3/c1-22-11-8-16(26)14-15(22)4-5-17-19(22)9-12-23(2)21(17)18-6-7-20(18)24(23,27)10-3-13-25/h14,17-21,25,27H,3-13H2,1-2H3/t17-,18+,19+,20-,21-,22+,23+,24+/m1/s1. The second kappa shape index (κ2) is 5.92. The molecule has 0 aromatic carbocycles. The molecule has 0 bridgehead atoms. The summed E-state index contributed by atoms with van der Waals surface area (Å²) in [7, 11) is 0. The number of allylic oxidation sites excluding steroid dienone is 1. The zero-order chi connectivity index (χ0) is 19.0. The average Bonchev–Trinajstić information content (AvgIpc) is 2.74. The van der Waals surface area contributed by atoms with E-state index in [9.17, 15) is 15.0 Å². The number of fused-ring (bicyclic) bond motifs is 7. The van der Waals surface area contributed by atoms with Gasteiger partial charge in [0.2, 0.25) is 0 Å². The molecule has 0 aromatic rings. The maximum absolute atomic E-state index is 12.0. The van der Waals surface area contributed by atoms with Gasteiger partial charge in [0.05, 0.1) is 5.60 Å². The van der Waals surface area contributed by atoms with Crippen molar-refractivity contribution in [3.63, 3.8) is 0 Å². The van der Waals surface area contributed by atoms with Gasteiger partial charge in [-0.2, -0.15) is 0 Å². The summed E-state index contributed by atoms with van der Waals surface area (Å²) in [5.41, 5.74) is 1.08. The van der Waals surface area contributed by atoms with E-state index in [1.807, 2.05) is 6.08 Å². The highest BCUT2D eigenvalue weighted by Crippen LogP contribution is 2.74. The summed E-state index contributed by atoms with van der Waals surface area (Å²) in [5.74, 6) is 3.50. The molecule has 27 heavy (non-hydrogen) atoms. The van der Waals surface area contributed by atoms with Crippen LogP contribution >= 0.6 is 0 Å². The largest absolute Gasteiger partial charge is 0.396 e. The van der Waals surface area contributed by atoms with E-state index in [1.54, 1.807) is 0 Å². The van der Waals surface area contributed by atoms with Gasteiger partial charge in [0.25, 0.3) is 0 Å². The van der Waals surface area contributed by atoms with Crippen LogP contribution in [0.2, 0.25) is 0 Å². The van der Waals surface area contributed by atoms with Crippen LogP contribution < -0.4 is 0 Å². The number of aliphatic hydroxyl groups is 2. The molecule has 8 atom stereocenters. The molecule has 0 heterocycles. The Kier molecular flexibility index (Phi) is 4.03. The minimum absolute atomic E-state index is 0.0111. The van der Waals surface area contributed by atoms with Gasteiger partial charge in [0.15, 0.2) is 5.78 Å². The molecule has 0 aliphatic heterocycles. The summed E-state index contributed by atoms with van der Waals surface area (Å²) in [4.78, 5) is 12.0. The molecule has 3 heteroatoms. The summed E-state index contributed by atoms with van der Waals surface area (Å²) in [6, 6.07) is 0. The fourth-order valence-electron chi connectivity index (χ4n) is 8.90. The van der Waals surface area contributed by atoms with E-state index in [0.29, 0.717) is 35.4 Å². The van der Waals surface area contributed by atoms with E-state index in [2.05, 4.69) is 13.8 Å². The number of carbonyl (C=O) groups excluding carboxylic acids is 1. The van der Waals surface area contributed by atoms with E-state index in [1.165, 1.54) is 31.3 Å². The van der Waals surface area contributed by atoms with E-state index in [-0.39, 0.29) is 17.4 Å². The van der Waals surface area contributed by atoms with E-state index in [4.69, 9.17) is 0 Å². The second-order valence-corrected chi connectivity index (χ2v) is 10.9. The normalized spacial score (nSPS) is 53.6. The number of hydrogen-bond acceptors (Lipinski definition) is 3. The summed E-state index contributed by atoms with van der Waals surface area (Å²) in [6.45, 7) is 5.02. The first-order valence-electron chi connectivity index (χ1n) is 11.4. The van der Waals surface area contributed by atoms with Crippen LogP contribution in [0.25, 0.3) is 0 Å². The maximum Gasteiger partial charge on any atom is 0.155 e. The first kappa shape index (κ1) is 18.4. The Balaban J connectivity index is 1.51. The first-order chi connectivity index (χ1) is 12.8. The quantitative estimate of drug-likeness (QED) is 0.778. The molecule has 3 nitrogen and oxygen atoms in total. The molecule has 5 aliphatic carbocycles. The zero-order valence-corrected chi connectivity index (χ0v) is 17.0. The van der Waals surface area contributed by atoms with Crippen LogP contribution in [-0.2, 0) is 4.79 Å². The minimum atomic E-state index is -0.576. The zero-order valence-electron chi connectivity index (χ0n) is 17.0. The molecule has 4 fully saturated rings. The summed E-state index contributed by atoms with van der Waals surface area (Å²) < 4.78 is 0. The Labute approximate surface area is 163 Å². The molecule has 2 N–H and O–H groups in total. The minimum Gasteiger partial charge on any atom is -0.396 e. The van der Waals surface area contributed by atoms with Crippen LogP contribution in [0.3, 0.4) is 0 Å². The summed E-state index contributed by atoms with van der Waals surface area (Å²) >= 11 is 0. The Morgan fingerprint density at radius 2 is 1.81 bits per heavy atom. The predicted octanol–water partition coefficient (Wildman–Crippen LogP) is 4.27. The van der Waals surface area contributed by atoms with Crippen LogP contribution in [0.4, 0.5) is 0 Å². The number of aliphatic hydroxyl groups excluding tert-OH is 1. The van der Waals surface area contributed by atoms with Gasteiger partial charge in [-0.25, -0.2) is 0 Å². The fourth-order valence-corrected chi connectivity index (χ4v) is 8.90. The third kappa shape index (κ3) is 2.19. The number of carbonyl (C=O) groups is 1. The lowest BCUT2D eigenvalue weighted by Gasteiger charge is -2.59. The maximum atomic E-state index is 12.0. The lowest BCUT2D eigenvalue weighted by molar-refractivity contribution is -0.145. The van der Waals surface area contributed by atoms with Gasteiger partial charge in [-0.3, -0.25) is 4.79 Å². The van der Waals surface area contributed by atoms with E-state index in [0.717, 1.165) is 38.5 Å². The highest BCUT2D eigenvalue weighted by atomic mass is 16.3. The van der Waals surface area contributed by atoms with Crippen molar-refractivity contribution in [1.82, 2.24) is 0 Å². The topological polar surface area (TPSA) is 57.5 Å². The van der Waals surface area contributed by atoms with Crippen molar-refractivity contribution in [3.8, 4) is 0 Å². The van der Waals surface area contributed by atoms with Crippen molar-refractivity contribution in [2.45, 2.75) is 83.7 Å². The molecular formula is C24H36O3. The Morgan fingerprint density at radius 1 is 1.04 bits per heavy atom. The fraction of sp³-hybridized carbons (Fsp3) is 0.875. The van der Waals surface area contributed by atoms with Crippen LogP contribution in [0.1, 0.15) is 78.1 Å². The Hall–Kier alpha value is -0.670. The third-order valence-corrected chi connectivity index (χ3v) is 10.3. The SMILES string of the molecule is C[C@]12CCC(=O)C=C1CC[C@H]1[C@@H]3[C@H]4CC[C@H]4[C@@](O)(CCCO)[C@@]3(C)CC[C@@H]12. The Bertz CT molecular complexity index is 683. The van der Waals surface area contributed by atoms with Gasteiger partial charge in [-0.1, -0.05) is 19.4 Å². The first-order valence-corrected chi connectivity index (χ1v) is 11.4. The van der Waals surface area contributed by atoms with Crippen molar-refractivity contribution in [3.05, 3.63) is 11.6 Å². The van der Waals surface area contributed by atoms with Crippen molar-refractivity contribution < 1.29 is 15.0 Å². The highest BCUT2D eigenvalue weighted by molar-refractivity contribution is 5.91. The smallest absolute Gasteiger partial charge is 0.155 e. The van der Waals surface area contributed by atoms with Gasteiger partial charge in [-0.15, -0.1) is 0 Å². The molecule has 0 amide bonds. The van der Waals surface area contributed by atoms with Crippen LogP contribution in [0.5, 0.6) is 0 Å². The molecule has 0 unspecified atom stereocenters. The Morgan fingerprint density at radius 3 is 2.52 bits per heavy atom. The third-order valence-electron chi connectivity index (χ3n) is 10.3. The molecule has 0 spiro atoms. The number of hydrogen-bond donors (Lipinski definition) is 2. The van der Waals surface area contributed by atoms with Gasteiger partial charge in [0, 0.05) is 13.0 Å². The molecular weight excluding hydrogens is 336 g/mol. The lowest BCUT2D eigenvalue weighted by Crippen LogP contribution is -2.55. The van der Waals surface area contributed by atoms with Crippen LogP contribution in [0.15, 0.2) is 11.6 Å². The van der Waals surface area contributed by atoms with Gasteiger partial charge >= 0.3 is 0 Å². The summed E-state index contributed by atoms with van der Waals surface area (Å²) in [6.07, 6.45) is 12.3. The molecule has 4 saturated carbocycles. The van der Waals surface area contributed by atoms with Crippen LogP contribution in [0, 0.1) is 40.4 Å². The lowest BCUT2D eigenvalue weighted by atomic mass is 9.45. The molecule has 150 valence electrons. The predicted molar refractivity (Wildman–Crippen MR) is 105 cm³/mol. The molecule has 0 aromatic heterocycles. The van der Waals surface area contributed by atoms with Crippen molar-refractivity contribution in [1.29, 1.82) is 0 Å². The van der Waals surface area contributed by atoms with Crippen LogP contribution in [-0.4, -0.2) is 28.2 Å². The highest BCUT2D eigenvalue weighted by Gasteiger charge is 2.72. The molecule has 0 saturated heterocycles. The van der Waals surface area contributed by atoms with E-state index < -0.39 is 5.60 Å².